The number of nitrogens with one attached hydrogen (secondary N) is 2. The molecule has 4 rings (SSSR count). The van der Waals surface area contributed by atoms with Crippen LogP contribution in [0.25, 0.3) is 10.2 Å². The lowest BCUT2D eigenvalue weighted by Gasteiger charge is -2.33. The highest BCUT2D eigenvalue weighted by Crippen LogP contribution is 2.26. The Balaban J connectivity index is 1.54. The topological polar surface area (TPSA) is 108 Å². The van der Waals surface area contributed by atoms with Crippen LogP contribution in [0.1, 0.15) is 6.42 Å². The minimum Gasteiger partial charge on any atom is -0.353 e. The van der Waals surface area contributed by atoms with Gasteiger partial charge < -0.3 is 10.6 Å². The molecule has 1 fully saturated rings. The van der Waals surface area contributed by atoms with E-state index < -0.39 is 27.9 Å². The standard InChI is InChI=1S/C19H18N4O4S2/c24-17(22-19-21-14-8-4-5-9-16(14)28-19)12-15-18(25)20-10-11-23(15)29(26,27)13-6-2-1-3-7-13/h1-9,15H,10-12H2,(H,20,25)(H,21,22,24). The van der Waals surface area contributed by atoms with E-state index in [0.717, 1.165) is 14.5 Å². The number of hydrogen-bond donors (Lipinski definition) is 2. The summed E-state index contributed by atoms with van der Waals surface area (Å²) in [6, 6.07) is 14.2. The molecule has 10 heteroatoms. The number of piperazine rings is 1. The number of aromatic nitrogens is 1. The second-order valence-electron chi connectivity index (χ2n) is 6.47. The summed E-state index contributed by atoms with van der Waals surface area (Å²) in [5.74, 6) is -0.963. The van der Waals surface area contributed by atoms with E-state index in [0.29, 0.717) is 5.13 Å². The highest BCUT2D eigenvalue weighted by atomic mass is 32.2. The van der Waals surface area contributed by atoms with Crippen LogP contribution in [-0.4, -0.2) is 48.7 Å². The first-order valence-electron chi connectivity index (χ1n) is 8.95. The predicted octanol–water partition coefficient (Wildman–Crippen LogP) is 1.81. The molecule has 1 atom stereocenters. The zero-order valence-electron chi connectivity index (χ0n) is 15.2. The third-order valence-electron chi connectivity index (χ3n) is 4.55. The number of benzene rings is 2. The molecule has 0 saturated carbocycles. The van der Waals surface area contributed by atoms with Crippen LogP contribution in [-0.2, 0) is 19.6 Å². The van der Waals surface area contributed by atoms with Gasteiger partial charge in [0.2, 0.25) is 21.8 Å². The molecule has 0 aliphatic carbocycles. The summed E-state index contributed by atoms with van der Waals surface area (Å²) >= 11 is 1.32. The average molecular weight is 431 g/mol. The van der Waals surface area contributed by atoms with Gasteiger partial charge in [-0.1, -0.05) is 41.7 Å². The smallest absolute Gasteiger partial charge is 0.243 e. The SMILES string of the molecule is O=C(CC1C(=O)NCCN1S(=O)(=O)c1ccccc1)Nc1nc2ccccc2s1. The molecule has 1 saturated heterocycles. The van der Waals surface area contributed by atoms with Crippen molar-refractivity contribution in [3.05, 3.63) is 54.6 Å². The van der Waals surface area contributed by atoms with Crippen molar-refractivity contribution in [3.63, 3.8) is 0 Å². The number of hydrogen-bond acceptors (Lipinski definition) is 6. The van der Waals surface area contributed by atoms with E-state index in [9.17, 15) is 18.0 Å². The molecular weight excluding hydrogens is 412 g/mol. The lowest BCUT2D eigenvalue weighted by atomic mass is 10.1. The molecule has 150 valence electrons. The molecule has 0 radical (unpaired) electrons. The van der Waals surface area contributed by atoms with Crippen LogP contribution in [0.15, 0.2) is 59.5 Å². The van der Waals surface area contributed by atoms with Gasteiger partial charge in [0.05, 0.1) is 21.5 Å². The zero-order valence-corrected chi connectivity index (χ0v) is 16.9. The van der Waals surface area contributed by atoms with E-state index in [1.807, 2.05) is 24.3 Å². The Morgan fingerprint density at radius 2 is 1.90 bits per heavy atom. The van der Waals surface area contributed by atoms with E-state index in [1.54, 1.807) is 18.2 Å². The van der Waals surface area contributed by atoms with Crippen LogP contribution in [0.3, 0.4) is 0 Å². The van der Waals surface area contributed by atoms with Crippen LogP contribution in [0.4, 0.5) is 5.13 Å². The average Bonchev–Trinajstić information content (AvgIpc) is 3.12. The molecular formula is C19H18N4O4S2. The van der Waals surface area contributed by atoms with Crippen LogP contribution >= 0.6 is 11.3 Å². The first-order chi connectivity index (χ1) is 13.9. The zero-order chi connectivity index (χ0) is 20.4. The molecule has 1 unspecified atom stereocenters. The molecule has 1 aromatic heterocycles. The van der Waals surface area contributed by atoms with Crippen LogP contribution < -0.4 is 10.6 Å². The van der Waals surface area contributed by atoms with Crippen molar-refractivity contribution in [3.8, 4) is 0 Å². The van der Waals surface area contributed by atoms with Crippen molar-refractivity contribution in [2.75, 3.05) is 18.4 Å². The summed E-state index contributed by atoms with van der Waals surface area (Å²) in [6.07, 6.45) is -0.298. The maximum absolute atomic E-state index is 13.0. The molecule has 2 aromatic carbocycles. The summed E-state index contributed by atoms with van der Waals surface area (Å²) in [6.45, 7) is 0.295. The number of fused-ring (bicyclic) bond motifs is 1. The number of rotatable bonds is 5. The van der Waals surface area contributed by atoms with E-state index in [-0.39, 0.29) is 24.4 Å². The first-order valence-corrected chi connectivity index (χ1v) is 11.2. The lowest BCUT2D eigenvalue weighted by Crippen LogP contribution is -2.57. The summed E-state index contributed by atoms with van der Waals surface area (Å²) in [5.41, 5.74) is 0.761. The Labute approximate surface area is 171 Å². The minimum absolute atomic E-state index is 0.0891. The van der Waals surface area contributed by atoms with Gasteiger partial charge in [-0.05, 0) is 24.3 Å². The van der Waals surface area contributed by atoms with Gasteiger partial charge in [0.15, 0.2) is 5.13 Å². The van der Waals surface area contributed by atoms with Crippen molar-refractivity contribution < 1.29 is 18.0 Å². The van der Waals surface area contributed by atoms with Gasteiger partial charge in [-0.25, -0.2) is 13.4 Å². The van der Waals surface area contributed by atoms with Gasteiger partial charge >= 0.3 is 0 Å². The fourth-order valence-corrected chi connectivity index (χ4v) is 5.67. The maximum Gasteiger partial charge on any atom is 0.243 e. The van der Waals surface area contributed by atoms with Gasteiger partial charge in [-0.2, -0.15) is 4.31 Å². The monoisotopic (exact) mass is 430 g/mol. The molecule has 2 heterocycles. The van der Waals surface area contributed by atoms with Crippen molar-refractivity contribution in [2.24, 2.45) is 0 Å². The largest absolute Gasteiger partial charge is 0.353 e. The summed E-state index contributed by atoms with van der Waals surface area (Å²) in [5, 5.41) is 5.72. The number of anilines is 1. The first kappa shape index (κ1) is 19.5. The second-order valence-corrected chi connectivity index (χ2v) is 9.40. The van der Waals surface area contributed by atoms with E-state index in [4.69, 9.17) is 0 Å². The predicted molar refractivity (Wildman–Crippen MR) is 110 cm³/mol. The molecule has 2 amide bonds. The Hall–Kier alpha value is -2.82. The molecule has 3 aromatic rings. The van der Waals surface area contributed by atoms with Gasteiger partial charge in [0.25, 0.3) is 0 Å². The lowest BCUT2D eigenvalue weighted by molar-refractivity contribution is -0.130. The molecule has 1 aliphatic heterocycles. The van der Waals surface area contributed by atoms with Gasteiger partial charge in [-0.3, -0.25) is 9.59 Å². The Kier molecular flexibility index (Phi) is 5.31. The number of carbonyl (C=O) groups is 2. The fourth-order valence-electron chi connectivity index (χ4n) is 3.18. The molecule has 1 aliphatic rings. The van der Waals surface area contributed by atoms with Crippen LogP contribution in [0.2, 0.25) is 0 Å². The minimum atomic E-state index is -3.90. The number of sulfonamides is 1. The fraction of sp³-hybridized carbons (Fsp3) is 0.211. The third kappa shape index (κ3) is 4.00. The Morgan fingerprint density at radius 1 is 1.17 bits per heavy atom. The molecule has 8 nitrogen and oxygen atoms in total. The van der Waals surface area contributed by atoms with Crippen LogP contribution in [0.5, 0.6) is 0 Å². The number of para-hydroxylation sites is 1. The molecule has 0 spiro atoms. The molecule has 2 N–H and O–H groups in total. The normalized spacial score (nSPS) is 17.8. The highest BCUT2D eigenvalue weighted by Gasteiger charge is 2.39. The highest BCUT2D eigenvalue weighted by molar-refractivity contribution is 7.89. The molecule has 29 heavy (non-hydrogen) atoms. The summed E-state index contributed by atoms with van der Waals surface area (Å²) in [7, 11) is -3.90. The quantitative estimate of drug-likeness (QED) is 0.642. The maximum atomic E-state index is 13.0. The van der Waals surface area contributed by atoms with Gasteiger partial charge in [0.1, 0.15) is 6.04 Å². The summed E-state index contributed by atoms with van der Waals surface area (Å²) < 4.78 is 28.0. The van der Waals surface area contributed by atoms with Crippen LogP contribution in [0, 0.1) is 0 Å². The van der Waals surface area contributed by atoms with E-state index in [2.05, 4.69) is 15.6 Å². The van der Waals surface area contributed by atoms with Crippen molar-refractivity contribution in [1.29, 1.82) is 0 Å². The van der Waals surface area contributed by atoms with Gasteiger partial charge in [0, 0.05) is 13.1 Å². The summed E-state index contributed by atoms with van der Waals surface area (Å²) in [4.78, 5) is 29.4. The Bertz CT molecular complexity index is 1130. The number of thiazole rings is 1. The third-order valence-corrected chi connectivity index (χ3v) is 7.42. The molecule has 0 bridgehead atoms. The van der Waals surface area contributed by atoms with Crippen molar-refractivity contribution in [2.45, 2.75) is 17.4 Å². The Morgan fingerprint density at radius 3 is 2.66 bits per heavy atom. The van der Waals surface area contributed by atoms with E-state index >= 15 is 0 Å². The van der Waals surface area contributed by atoms with Gasteiger partial charge in [-0.15, -0.1) is 0 Å². The van der Waals surface area contributed by atoms with Crippen molar-refractivity contribution >= 4 is 48.5 Å². The second kappa shape index (κ2) is 7.90. The van der Waals surface area contributed by atoms with E-state index in [1.165, 1.54) is 23.5 Å². The number of carbonyl (C=O) groups excluding carboxylic acids is 2. The van der Waals surface area contributed by atoms with Crippen molar-refractivity contribution in [1.82, 2.24) is 14.6 Å². The number of amides is 2. The number of nitrogens with zero attached hydrogens (tertiary/aromatic N) is 2.